The van der Waals surface area contributed by atoms with Gasteiger partial charge in [-0.3, -0.25) is 19.3 Å². The molecule has 2 aromatic rings. The summed E-state index contributed by atoms with van der Waals surface area (Å²) in [7, 11) is 7.03. The molecule has 0 aliphatic carbocycles. The number of halogens is 1. The minimum absolute atomic E-state index is 0.0816. The third-order valence-corrected chi connectivity index (χ3v) is 6.33. The Morgan fingerprint density at radius 2 is 1.85 bits per heavy atom. The van der Waals surface area contributed by atoms with E-state index in [1.807, 2.05) is 43.3 Å². The Bertz CT molecular complexity index is 1040. The van der Waals surface area contributed by atoms with E-state index in [4.69, 9.17) is 16.3 Å². The highest BCUT2D eigenvalue weighted by Crippen LogP contribution is 2.43. The second-order valence-corrected chi connectivity index (χ2v) is 9.08. The van der Waals surface area contributed by atoms with Crippen LogP contribution < -0.4 is 4.74 Å². The molecule has 3 rings (SSSR count). The molecule has 1 unspecified atom stereocenters. The van der Waals surface area contributed by atoms with Crippen LogP contribution >= 0.6 is 11.6 Å². The standard InChI is InChI=1S/C25H30ClN3O4/c1-27(2)12-13-29-23(31)16-25(24(29)32,20-10-5-6-11-21(20)26)15-22(30)28(3)17-18-8-7-9-19(14-18)33-4/h5-11,14H,12-13,15-17H2,1-4H3. The minimum Gasteiger partial charge on any atom is -0.497 e. The molecule has 1 atom stereocenters. The highest BCUT2D eigenvalue weighted by molar-refractivity contribution is 6.32. The number of amides is 3. The van der Waals surface area contributed by atoms with Gasteiger partial charge in [-0.15, -0.1) is 0 Å². The van der Waals surface area contributed by atoms with Crippen LogP contribution in [0.3, 0.4) is 0 Å². The topological polar surface area (TPSA) is 70.2 Å². The number of ether oxygens (including phenoxy) is 1. The average Bonchev–Trinajstić information content (AvgIpc) is 3.02. The lowest BCUT2D eigenvalue weighted by Crippen LogP contribution is -2.44. The number of imide groups is 1. The molecule has 7 nitrogen and oxygen atoms in total. The van der Waals surface area contributed by atoms with Gasteiger partial charge in [0.05, 0.1) is 12.5 Å². The summed E-state index contributed by atoms with van der Waals surface area (Å²) in [6.45, 7) is 1.16. The number of methoxy groups -OCH3 is 1. The van der Waals surface area contributed by atoms with E-state index in [2.05, 4.69) is 0 Å². The molecular formula is C25H30ClN3O4. The summed E-state index contributed by atoms with van der Waals surface area (Å²) in [5.41, 5.74) is 0.0977. The number of likely N-dealkylation sites (tertiary alicyclic amines) is 1. The van der Waals surface area contributed by atoms with Crippen molar-refractivity contribution >= 4 is 29.3 Å². The molecule has 0 saturated carbocycles. The van der Waals surface area contributed by atoms with Gasteiger partial charge in [-0.2, -0.15) is 0 Å². The fourth-order valence-corrected chi connectivity index (χ4v) is 4.46. The van der Waals surface area contributed by atoms with E-state index in [-0.39, 0.29) is 37.1 Å². The molecule has 1 aliphatic heterocycles. The van der Waals surface area contributed by atoms with Crippen LogP contribution in [0.15, 0.2) is 48.5 Å². The summed E-state index contributed by atoms with van der Waals surface area (Å²) < 4.78 is 5.26. The van der Waals surface area contributed by atoms with E-state index < -0.39 is 5.41 Å². The Morgan fingerprint density at radius 1 is 1.12 bits per heavy atom. The first-order valence-electron chi connectivity index (χ1n) is 10.8. The Labute approximate surface area is 199 Å². The number of likely N-dealkylation sites (N-methyl/N-ethyl adjacent to an activating group) is 1. The van der Waals surface area contributed by atoms with E-state index in [1.165, 1.54) is 4.90 Å². The van der Waals surface area contributed by atoms with Crippen molar-refractivity contribution in [2.45, 2.75) is 24.8 Å². The van der Waals surface area contributed by atoms with Crippen molar-refractivity contribution in [1.82, 2.24) is 14.7 Å². The van der Waals surface area contributed by atoms with Gasteiger partial charge in [-0.05, 0) is 43.4 Å². The molecule has 0 aromatic heterocycles. The number of hydrogen-bond donors (Lipinski definition) is 0. The molecule has 8 heteroatoms. The maximum absolute atomic E-state index is 13.6. The Morgan fingerprint density at radius 3 is 2.52 bits per heavy atom. The van der Waals surface area contributed by atoms with Gasteiger partial charge in [0.15, 0.2) is 0 Å². The number of hydrogen-bond acceptors (Lipinski definition) is 5. The Kier molecular flexibility index (Phi) is 7.76. The predicted molar refractivity (Wildman–Crippen MR) is 127 cm³/mol. The summed E-state index contributed by atoms with van der Waals surface area (Å²) in [6, 6.07) is 14.4. The molecule has 3 amide bonds. The third-order valence-electron chi connectivity index (χ3n) is 6.00. The summed E-state index contributed by atoms with van der Waals surface area (Å²) in [6.07, 6.45) is -0.220. The second kappa shape index (κ2) is 10.4. The van der Waals surface area contributed by atoms with Crippen molar-refractivity contribution in [1.29, 1.82) is 0 Å². The maximum Gasteiger partial charge on any atom is 0.240 e. The van der Waals surface area contributed by atoms with Crippen LogP contribution in [-0.2, 0) is 26.3 Å². The molecule has 0 spiro atoms. The summed E-state index contributed by atoms with van der Waals surface area (Å²) in [5.74, 6) is -0.196. The molecule has 1 saturated heterocycles. The van der Waals surface area contributed by atoms with Gasteiger partial charge >= 0.3 is 0 Å². The SMILES string of the molecule is COc1cccc(CN(C)C(=O)CC2(c3ccccc3Cl)CC(=O)N(CCN(C)C)C2=O)c1. The zero-order valence-corrected chi connectivity index (χ0v) is 20.3. The molecule has 0 radical (unpaired) electrons. The van der Waals surface area contributed by atoms with Gasteiger partial charge in [-0.1, -0.05) is 41.9 Å². The van der Waals surface area contributed by atoms with E-state index in [0.717, 1.165) is 5.56 Å². The fraction of sp³-hybridized carbons (Fsp3) is 0.400. The first kappa shape index (κ1) is 24.7. The van der Waals surface area contributed by atoms with Gasteiger partial charge < -0.3 is 14.5 Å². The van der Waals surface area contributed by atoms with Gasteiger partial charge in [0, 0.05) is 44.5 Å². The quantitative estimate of drug-likeness (QED) is 0.526. The first-order valence-corrected chi connectivity index (χ1v) is 11.2. The van der Waals surface area contributed by atoms with Crippen LogP contribution in [0.5, 0.6) is 5.75 Å². The van der Waals surface area contributed by atoms with E-state index in [9.17, 15) is 14.4 Å². The average molecular weight is 472 g/mol. The smallest absolute Gasteiger partial charge is 0.240 e. The molecule has 1 fully saturated rings. The fourth-order valence-electron chi connectivity index (χ4n) is 4.15. The van der Waals surface area contributed by atoms with Crippen LogP contribution in [0.2, 0.25) is 5.02 Å². The lowest BCUT2D eigenvalue weighted by atomic mass is 9.75. The zero-order valence-electron chi connectivity index (χ0n) is 19.5. The largest absolute Gasteiger partial charge is 0.497 e. The molecule has 0 bridgehead atoms. The number of rotatable bonds is 9. The van der Waals surface area contributed by atoms with Gasteiger partial charge in [0.1, 0.15) is 5.75 Å². The number of carbonyl (C=O) groups excluding carboxylic acids is 3. The monoisotopic (exact) mass is 471 g/mol. The van der Waals surface area contributed by atoms with Crippen molar-refractivity contribution in [2.75, 3.05) is 41.3 Å². The number of nitrogens with zero attached hydrogens (tertiary/aromatic N) is 3. The van der Waals surface area contributed by atoms with E-state index in [1.54, 1.807) is 43.3 Å². The van der Waals surface area contributed by atoms with Crippen LogP contribution in [0.4, 0.5) is 0 Å². The summed E-state index contributed by atoms with van der Waals surface area (Å²) in [5, 5.41) is 0.372. The molecule has 33 heavy (non-hydrogen) atoms. The lowest BCUT2D eigenvalue weighted by Gasteiger charge is -2.30. The highest BCUT2D eigenvalue weighted by Gasteiger charge is 2.54. The summed E-state index contributed by atoms with van der Waals surface area (Å²) in [4.78, 5) is 44.6. The van der Waals surface area contributed by atoms with Crippen molar-refractivity contribution in [3.63, 3.8) is 0 Å². The Balaban J connectivity index is 1.89. The van der Waals surface area contributed by atoms with Gasteiger partial charge in [0.2, 0.25) is 17.7 Å². The molecule has 0 N–H and O–H groups in total. The van der Waals surface area contributed by atoms with Crippen molar-refractivity contribution in [3.05, 3.63) is 64.7 Å². The van der Waals surface area contributed by atoms with Gasteiger partial charge in [-0.25, -0.2) is 0 Å². The van der Waals surface area contributed by atoms with Crippen molar-refractivity contribution < 1.29 is 19.1 Å². The number of benzene rings is 2. The van der Waals surface area contributed by atoms with E-state index >= 15 is 0 Å². The molecule has 176 valence electrons. The second-order valence-electron chi connectivity index (χ2n) is 8.67. The highest BCUT2D eigenvalue weighted by atomic mass is 35.5. The van der Waals surface area contributed by atoms with Gasteiger partial charge in [0.25, 0.3) is 0 Å². The molecular weight excluding hydrogens is 442 g/mol. The Hall–Kier alpha value is -2.90. The first-order chi connectivity index (χ1) is 15.7. The number of carbonyl (C=O) groups is 3. The lowest BCUT2D eigenvalue weighted by molar-refractivity contribution is -0.142. The van der Waals surface area contributed by atoms with Crippen LogP contribution in [0.1, 0.15) is 24.0 Å². The molecule has 2 aromatic carbocycles. The minimum atomic E-state index is -1.32. The zero-order chi connectivity index (χ0) is 24.2. The normalized spacial score (nSPS) is 18.2. The van der Waals surface area contributed by atoms with E-state index in [0.29, 0.717) is 29.4 Å². The summed E-state index contributed by atoms with van der Waals surface area (Å²) >= 11 is 6.48. The van der Waals surface area contributed by atoms with Crippen molar-refractivity contribution in [3.8, 4) is 5.75 Å². The molecule has 1 heterocycles. The van der Waals surface area contributed by atoms with Crippen molar-refractivity contribution in [2.24, 2.45) is 0 Å². The maximum atomic E-state index is 13.6. The van der Waals surface area contributed by atoms with Crippen LogP contribution in [0, 0.1) is 0 Å². The molecule has 1 aliphatic rings. The predicted octanol–water partition coefficient (Wildman–Crippen LogP) is 2.96. The van der Waals surface area contributed by atoms with Crippen LogP contribution in [0.25, 0.3) is 0 Å². The van der Waals surface area contributed by atoms with Crippen LogP contribution in [-0.4, -0.2) is 73.8 Å². The third kappa shape index (κ3) is 5.37.